The molecule has 0 aliphatic carbocycles. The summed E-state index contributed by atoms with van der Waals surface area (Å²) < 4.78 is 10.5. The molecule has 22 heavy (non-hydrogen) atoms. The zero-order chi connectivity index (χ0) is 15.9. The first kappa shape index (κ1) is 15.8. The number of rotatable bonds is 6. The number of carbonyl (C=O) groups is 1. The number of nitrogens with one attached hydrogen (secondary N) is 1. The van der Waals surface area contributed by atoms with Crippen LogP contribution in [0.4, 0.5) is 0 Å². The Balaban J connectivity index is 2.02. The van der Waals surface area contributed by atoms with Gasteiger partial charge in [-0.25, -0.2) is 0 Å². The molecule has 116 valence electrons. The summed E-state index contributed by atoms with van der Waals surface area (Å²) in [5.74, 6) is 1.24. The van der Waals surface area contributed by atoms with E-state index in [-0.39, 0.29) is 5.91 Å². The molecule has 5 nitrogen and oxygen atoms in total. The zero-order valence-electron chi connectivity index (χ0n) is 13.1. The number of pyridine rings is 1. The molecule has 0 unspecified atom stereocenters. The average Bonchev–Trinajstić information content (AvgIpc) is 2.55. The lowest BCUT2D eigenvalue weighted by atomic mass is 10.0. The summed E-state index contributed by atoms with van der Waals surface area (Å²) in [5.41, 5.74) is 2.74. The fourth-order valence-electron chi connectivity index (χ4n) is 2.14. The second-order valence-corrected chi connectivity index (χ2v) is 4.91. The van der Waals surface area contributed by atoms with Gasteiger partial charge in [-0.3, -0.25) is 9.78 Å². The van der Waals surface area contributed by atoms with Crippen molar-refractivity contribution in [3.8, 4) is 11.5 Å². The highest BCUT2D eigenvalue weighted by molar-refractivity contribution is 5.79. The normalized spacial score (nSPS) is 10.1. The van der Waals surface area contributed by atoms with Gasteiger partial charge in [0.1, 0.15) is 0 Å². The zero-order valence-corrected chi connectivity index (χ0v) is 13.1. The number of aromatic nitrogens is 1. The summed E-state index contributed by atoms with van der Waals surface area (Å²) in [6.45, 7) is 2.37. The van der Waals surface area contributed by atoms with Crippen LogP contribution in [-0.2, 0) is 17.8 Å². The minimum absolute atomic E-state index is 0.0547. The quantitative estimate of drug-likeness (QED) is 0.889. The number of carbonyl (C=O) groups excluding carboxylic acids is 1. The third-order valence-electron chi connectivity index (χ3n) is 3.39. The molecule has 1 aromatic heterocycles. The van der Waals surface area contributed by atoms with E-state index in [9.17, 15) is 4.79 Å². The van der Waals surface area contributed by atoms with Crippen molar-refractivity contribution >= 4 is 5.91 Å². The highest BCUT2D eigenvalue weighted by Gasteiger charge is 2.11. The number of methoxy groups -OCH3 is 2. The lowest BCUT2D eigenvalue weighted by Gasteiger charge is -2.12. The van der Waals surface area contributed by atoms with Gasteiger partial charge in [-0.1, -0.05) is 6.07 Å². The van der Waals surface area contributed by atoms with Crippen molar-refractivity contribution in [2.75, 3.05) is 14.2 Å². The molecule has 1 aromatic carbocycles. The van der Waals surface area contributed by atoms with E-state index in [1.54, 1.807) is 20.4 Å². The summed E-state index contributed by atoms with van der Waals surface area (Å²) >= 11 is 0. The fraction of sp³-hybridized carbons (Fsp3) is 0.294. The Morgan fingerprint density at radius 2 is 1.91 bits per heavy atom. The Morgan fingerprint density at radius 1 is 1.18 bits per heavy atom. The predicted molar refractivity (Wildman–Crippen MR) is 84.1 cm³/mol. The highest BCUT2D eigenvalue weighted by Crippen LogP contribution is 2.30. The second kappa shape index (κ2) is 7.45. The molecule has 2 aromatic rings. The Hall–Kier alpha value is -2.56. The first-order valence-corrected chi connectivity index (χ1v) is 7.02. The van der Waals surface area contributed by atoms with Crippen LogP contribution in [0.5, 0.6) is 11.5 Å². The topological polar surface area (TPSA) is 60.5 Å². The minimum Gasteiger partial charge on any atom is -0.493 e. The van der Waals surface area contributed by atoms with E-state index in [4.69, 9.17) is 9.47 Å². The van der Waals surface area contributed by atoms with Crippen LogP contribution in [0.15, 0.2) is 36.5 Å². The molecule has 0 saturated carbocycles. The van der Waals surface area contributed by atoms with Crippen molar-refractivity contribution in [1.82, 2.24) is 10.3 Å². The third-order valence-corrected chi connectivity index (χ3v) is 3.39. The van der Waals surface area contributed by atoms with Gasteiger partial charge in [0.05, 0.1) is 32.9 Å². The van der Waals surface area contributed by atoms with Gasteiger partial charge >= 0.3 is 0 Å². The van der Waals surface area contributed by atoms with Crippen LogP contribution in [0.2, 0.25) is 0 Å². The van der Waals surface area contributed by atoms with E-state index in [1.807, 2.05) is 37.3 Å². The number of hydrogen-bond acceptors (Lipinski definition) is 4. The Labute approximate surface area is 130 Å². The molecule has 0 saturated heterocycles. The molecule has 2 rings (SSSR count). The molecule has 0 radical (unpaired) electrons. The smallest absolute Gasteiger partial charge is 0.224 e. The average molecular weight is 300 g/mol. The standard InChI is InChI=1S/C17H20N2O3/c1-12-8-15(21-2)16(22-3)9-13(12)10-17(20)19-11-14-6-4-5-7-18-14/h4-9H,10-11H2,1-3H3,(H,19,20). The van der Waals surface area contributed by atoms with Crippen molar-refractivity contribution in [2.24, 2.45) is 0 Å². The van der Waals surface area contributed by atoms with E-state index in [0.717, 1.165) is 16.8 Å². The van der Waals surface area contributed by atoms with E-state index in [0.29, 0.717) is 24.5 Å². The predicted octanol–water partition coefficient (Wildman–Crippen LogP) is 2.27. The highest BCUT2D eigenvalue weighted by atomic mass is 16.5. The molecule has 0 atom stereocenters. The molecule has 1 amide bonds. The van der Waals surface area contributed by atoms with Crippen molar-refractivity contribution in [3.05, 3.63) is 53.3 Å². The van der Waals surface area contributed by atoms with Crippen LogP contribution < -0.4 is 14.8 Å². The van der Waals surface area contributed by atoms with Gasteiger partial charge in [0, 0.05) is 6.20 Å². The van der Waals surface area contributed by atoms with Gasteiger partial charge in [-0.2, -0.15) is 0 Å². The lowest BCUT2D eigenvalue weighted by Crippen LogP contribution is -2.25. The number of nitrogens with zero attached hydrogens (tertiary/aromatic N) is 1. The van der Waals surface area contributed by atoms with Crippen LogP contribution in [0.1, 0.15) is 16.8 Å². The van der Waals surface area contributed by atoms with Gasteiger partial charge in [0.15, 0.2) is 11.5 Å². The number of amides is 1. The molecule has 5 heteroatoms. The monoisotopic (exact) mass is 300 g/mol. The van der Waals surface area contributed by atoms with Crippen molar-refractivity contribution in [1.29, 1.82) is 0 Å². The van der Waals surface area contributed by atoms with Crippen LogP contribution in [-0.4, -0.2) is 25.1 Å². The van der Waals surface area contributed by atoms with Crippen LogP contribution >= 0.6 is 0 Å². The maximum atomic E-state index is 12.1. The van der Waals surface area contributed by atoms with E-state index >= 15 is 0 Å². The van der Waals surface area contributed by atoms with Crippen molar-refractivity contribution < 1.29 is 14.3 Å². The SMILES string of the molecule is COc1cc(C)c(CC(=O)NCc2ccccn2)cc1OC. The van der Waals surface area contributed by atoms with E-state index in [1.165, 1.54) is 0 Å². The summed E-state index contributed by atoms with van der Waals surface area (Å²) in [4.78, 5) is 16.3. The molecule has 0 bridgehead atoms. The second-order valence-electron chi connectivity index (χ2n) is 4.91. The summed E-state index contributed by atoms with van der Waals surface area (Å²) in [6, 6.07) is 9.34. The van der Waals surface area contributed by atoms with E-state index in [2.05, 4.69) is 10.3 Å². The largest absolute Gasteiger partial charge is 0.493 e. The number of ether oxygens (including phenoxy) is 2. The summed E-state index contributed by atoms with van der Waals surface area (Å²) in [7, 11) is 3.18. The first-order chi connectivity index (χ1) is 10.6. The number of benzene rings is 1. The summed E-state index contributed by atoms with van der Waals surface area (Å²) in [5, 5.41) is 2.87. The molecular weight excluding hydrogens is 280 g/mol. The maximum Gasteiger partial charge on any atom is 0.224 e. The first-order valence-electron chi connectivity index (χ1n) is 7.02. The molecular formula is C17H20N2O3. The fourth-order valence-corrected chi connectivity index (χ4v) is 2.14. The van der Waals surface area contributed by atoms with Crippen molar-refractivity contribution in [2.45, 2.75) is 19.9 Å². The Bertz CT molecular complexity index is 642. The molecule has 0 spiro atoms. The lowest BCUT2D eigenvalue weighted by molar-refractivity contribution is -0.120. The molecule has 1 N–H and O–H groups in total. The van der Waals surface area contributed by atoms with Crippen molar-refractivity contribution in [3.63, 3.8) is 0 Å². The molecule has 0 fully saturated rings. The molecule has 1 heterocycles. The van der Waals surface area contributed by atoms with Crippen LogP contribution in [0.3, 0.4) is 0 Å². The maximum absolute atomic E-state index is 12.1. The van der Waals surface area contributed by atoms with Gasteiger partial charge in [-0.15, -0.1) is 0 Å². The van der Waals surface area contributed by atoms with E-state index < -0.39 is 0 Å². The number of aryl methyl sites for hydroxylation is 1. The van der Waals surface area contributed by atoms with Gasteiger partial charge in [-0.05, 0) is 42.3 Å². The van der Waals surface area contributed by atoms with Gasteiger partial charge in [0.2, 0.25) is 5.91 Å². The third kappa shape index (κ3) is 3.97. The minimum atomic E-state index is -0.0547. The Kier molecular flexibility index (Phi) is 5.36. The molecule has 0 aliphatic heterocycles. The van der Waals surface area contributed by atoms with Gasteiger partial charge < -0.3 is 14.8 Å². The Morgan fingerprint density at radius 3 is 2.55 bits per heavy atom. The summed E-state index contributed by atoms with van der Waals surface area (Å²) in [6.07, 6.45) is 2.00. The van der Waals surface area contributed by atoms with Gasteiger partial charge in [0.25, 0.3) is 0 Å². The van der Waals surface area contributed by atoms with Crippen LogP contribution in [0, 0.1) is 6.92 Å². The molecule has 0 aliphatic rings. The number of hydrogen-bond donors (Lipinski definition) is 1. The van der Waals surface area contributed by atoms with Crippen LogP contribution in [0.25, 0.3) is 0 Å².